The lowest BCUT2D eigenvalue weighted by Crippen LogP contribution is -2.59. The van der Waals surface area contributed by atoms with Crippen molar-refractivity contribution in [3.8, 4) is 0 Å². The third-order valence-electron chi connectivity index (χ3n) is 9.93. The largest absolute Gasteiger partial charge is 0.481 e. The minimum absolute atomic E-state index is 0.0978. The number of carboxylic acids is 1. The second kappa shape index (κ2) is 6.30. The van der Waals surface area contributed by atoms with Gasteiger partial charge in [-0.3, -0.25) is 9.59 Å². The molecule has 4 heteroatoms. The number of hydrogen-bond acceptors (Lipinski definition) is 3. The Morgan fingerprint density at radius 2 is 1.74 bits per heavy atom. The van der Waals surface area contributed by atoms with Gasteiger partial charge in [0.05, 0.1) is 6.42 Å². The lowest BCUT2D eigenvalue weighted by atomic mass is 9.44. The van der Waals surface area contributed by atoms with Crippen LogP contribution in [0.3, 0.4) is 0 Å². The molecular weight excluding hydrogens is 340 g/mol. The number of carbonyl (C=O) groups excluding carboxylic acids is 1. The molecule has 4 aliphatic rings. The zero-order valence-electron chi connectivity index (χ0n) is 17.2. The van der Waals surface area contributed by atoms with Crippen LogP contribution >= 0.6 is 0 Å². The molecule has 4 saturated carbocycles. The van der Waals surface area contributed by atoms with Gasteiger partial charge in [0, 0.05) is 11.3 Å². The van der Waals surface area contributed by atoms with Crippen LogP contribution in [0.15, 0.2) is 0 Å². The van der Waals surface area contributed by atoms with Gasteiger partial charge in [-0.05, 0) is 81.0 Å². The Morgan fingerprint density at radius 3 is 2.41 bits per heavy atom. The van der Waals surface area contributed by atoms with Crippen molar-refractivity contribution in [3.63, 3.8) is 0 Å². The summed E-state index contributed by atoms with van der Waals surface area (Å²) < 4.78 is 0. The Balaban J connectivity index is 1.70. The first-order valence-electron chi connectivity index (χ1n) is 11.1. The molecule has 0 aromatic carbocycles. The van der Waals surface area contributed by atoms with Crippen molar-refractivity contribution in [1.82, 2.24) is 0 Å². The predicted molar refractivity (Wildman–Crippen MR) is 103 cm³/mol. The summed E-state index contributed by atoms with van der Waals surface area (Å²) in [5.41, 5.74) is -1.55. The minimum atomic E-state index is -1.48. The van der Waals surface area contributed by atoms with Gasteiger partial charge in [0.2, 0.25) is 0 Å². The molecule has 0 heterocycles. The maximum atomic E-state index is 12.6. The molecule has 4 rings (SSSR count). The van der Waals surface area contributed by atoms with E-state index in [9.17, 15) is 19.8 Å². The number of aliphatic hydroxyl groups is 1. The normalized spacial score (nSPS) is 51.8. The van der Waals surface area contributed by atoms with Crippen LogP contribution < -0.4 is 0 Å². The zero-order chi connectivity index (χ0) is 19.6. The zero-order valence-corrected chi connectivity index (χ0v) is 17.2. The Bertz CT molecular complexity index is 644. The lowest BCUT2D eigenvalue weighted by Gasteiger charge is -2.61. The SMILES string of the molecule is CC(=O)[C@@]1(O)C(CC(=O)O)C[C@H]2[C@@H]3CCC4CCCC[C@]4(C)[C@H]3CC[C@@]21C. The highest BCUT2D eigenvalue weighted by molar-refractivity contribution is 5.87. The number of rotatable bonds is 3. The quantitative estimate of drug-likeness (QED) is 0.763. The summed E-state index contributed by atoms with van der Waals surface area (Å²) in [7, 11) is 0. The summed E-state index contributed by atoms with van der Waals surface area (Å²) in [6.45, 7) is 6.07. The van der Waals surface area contributed by atoms with E-state index in [0.29, 0.717) is 23.7 Å². The van der Waals surface area contributed by atoms with E-state index >= 15 is 0 Å². The molecule has 0 aromatic rings. The van der Waals surface area contributed by atoms with Gasteiger partial charge in [0.1, 0.15) is 5.60 Å². The van der Waals surface area contributed by atoms with E-state index in [1.54, 1.807) is 0 Å². The van der Waals surface area contributed by atoms with Gasteiger partial charge in [-0.15, -0.1) is 0 Å². The second-order valence-electron chi connectivity index (χ2n) is 10.7. The summed E-state index contributed by atoms with van der Waals surface area (Å²) >= 11 is 0. The molecular formula is C23H36O4. The first-order valence-corrected chi connectivity index (χ1v) is 11.1. The van der Waals surface area contributed by atoms with Crippen LogP contribution in [0.25, 0.3) is 0 Å². The van der Waals surface area contributed by atoms with Crippen molar-refractivity contribution in [2.75, 3.05) is 0 Å². The van der Waals surface area contributed by atoms with E-state index in [1.165, 1.54) is 45.4 Å². The van der Waals surface area contributed by atoms with Crippen LogP contribution in [0, 0.1) is 40.4 Å². The Kier molecular flexibility index (Phi) is 4.53. The second-order valence-corrected chi connectivity index (χ2v) is 10.7. The molecule has 0 spiro atoms. The van der Waals surface area contributed by atoms with E-state index < -0.39 is 22.9 Å². The molecule has 0 bridgehead atoms. The monoisotopic (exact) mass is 376 g/mol. The van der Waals surface area contributed by atoms with Crippen LogP contribution in [0.1, 0.15) is 85.0 Å². The highest BCUT2D eigenvalue weighted by Crippen LogP contribution is 2.69. The fourth-order valence-electron chi connectivity index (χ4n) is 8.60. The Labute approximate surface area is 163 Å². The standard InChI is InChI=1S/C23H36O4/c1-14(24)23(27)16(13-20(25)26)12-19-17-8-7-15-6-4-5-10-21(15,2)18(17)9-11-22(19,23)3/h15-19,27H,4-13H2,1-3H3,(H,25,26)/t15?,16?,17-,18+,19+,21+,22+,23-/m1/s1. The number of fused-ring (bicyclic) bond motifs is 5. The fraction of sp³-hybridized carbons (Fsp3) is 0.913. The van der Waals surface area contributed by atoms with E-state index in [4.69, 9.17) is 0 Å². The van der Waals surface area contributed by atoms with Gasteiger partial charge in [-0.25, -0.2) is 0 Å². The van der Waals surface area contributed by atoms with Gasteiger partial charge in [-0.2, -0.15) is 0 Å². The first kappa shape index (κ1) is 19.4. The third kappa shape index (κ3) is 2.51. The molecule has 0 saturated heterocycles. The number of hydrogen-bond donors (Lipinski definition) is 2. The Morgan fingerprint density at radius 1 is 1.00 bits per heavy atom. The van der Waals surface area contributed by atoms with Crippen molar-refractivity contribution < 1.29 is 19.8 Å². The molecule has 0 amide bonds. The first-order chi connectivity index (χ1) is 12.6. The van der Waals surface area contributed by atoms with Gasteiger partial charge >= 0.3 is 5.97 Å². The average molecular weight is 377 g/mol. The van der Waals surface area contributed by atoms with E-state index in [2.05, 4.69) is 13.8 Å². The highest BCUT2D eigenvalue weighted by atomic mass is 16.4. The molecule has 0 aliphatic heterocycles. The summed E-state index contributed by atoms with van der Waals surface area (Å²) in [5, 5.41) is 21.0. The number of ketones is 1. The van der Waals surface area contributed by atoms with Crippen molar-refractivity contribution in [2.45, 2.75) is 90.6 Å². The van der Waals surface area contributed by atoms with Crippen LogP contribution in [-0.2, 0) is 9.59 Å². The minimum Gasteiger partial charge on any atom is -0.481 e. The van der Waals surface area contributed by atoms with Crippen LogP contribution in [0.2, 0.25) is 0 Å². The average Bonchev–Trinajstić information content (AvgIpc) is 2.83. The number of carboxylic acid groups (broad SMARTS) is 1. The van der Waals surface area contributed by atoms with Crippen molar-refractivity contribution >= 4 is 11.8 Å². The molecule has 2 unspecified atom stereocenters. The molecule has 2 N–H and O–H groups in total. The molecule has 0 aromatic heterocycles. The lowest BCUT2D eigenvalue weighted by molar-refractivity contribution is -0.174. The van der Waals surface area contributed by atoms with Gasteiger partial charge in [0.15, 0.2) is 5.78 Å². The number of carbonyl (C=O) groups is 2. The summed E-state index contributed by atoms with van der Waals surface area (Å²) in [6.07, 6.45) is 10.4. The van der Waals surface area contributed by atoms with Crippen LogP contribution in [-0.4, -0.2) is 27.6 Å². The van der Waals surface area contributed by atoms with Crippen molar-refractivity contribution in [3.05, 3.63) is 0 Å². The third-order valence-corrected chi connectivity index (χ3v) is 9.93. The van der Waals surface area contributed by atoms with Crippen molar-refractivity contribution in [2.24, 2.45) is 40.4 Å². The van der Waals surface area contributed by atoms with Crippen LogP contribution in [0.4, 0.5) is 0 Å². The Hall–Kier alpha value is -0.900. The predicted octanol–water partition coefficient (Wildman–Crippen LogP) is 4.44. The summed E-state index contributed by atoms with van der Waals surface area (Å²) in [4.78, 5) is 24.1. The van der Waals surface area contributed by atoms with E-state index in [-0.39, 0.29) is 18.1 Å². The molecule has 8 atom stereocenters. The smallest absolute Gasteiger partial charge is 0.303 e. The molecule has 152 valence electrons. The number of Topliss-reactive ketones (excluding diaryl/α,β-unsaturated/α-hetero) is 1. The summed E-state index contributed by atoms with van der Waals surface area (Å²) in [5.74, 6) is 0.741. The molecule has 0 radical (unpaired) electrons. The van der Waals surface area contributed by atoms with Gasteiger partial charge in [0.25, 0.3) is 0 Å². The maximum Gasteiger partial charge on any atom is 0.303 e. The summed E-state index contributed by atoms with van der Waals surface area (Å²) in [6, 6.07) is 0. The number of aliphatic carboxylic acids is 1. The van der Waals surface area contributed by atoms with E-state index in [0.717, 1.165) is 18.8 Å². The van der Waals surface area contributed by atoms with Crippen LogP contribution in [0.5, 0.6) is 0 Å². The fourth-order valence-corrected chi connectivity index (χ4v) is 8.60. The highest BCUT2D eigenvalue weighted by Gasteiger charge is 2.69. The molecule has 4 fully saturated rings. The molecule has 4 nitrogen and oxygen atoms in total. The maximum absolute atomic E-state index is 12.6. The molecule has 4 aliphatic carbocycles. The van der Waals surface area contributed by atoms with Crippen molar-refractivity contribution in [1.29, 1.82) is 0 Å². The van der Waals surface area contributed by atoms with E-state index in [1.807, 2.05) is 0 Å². The molecule has 27 heavy (non-hydrogen) atoms. The van der Waals surface area contributed by atoms with Gasteiger partial charge < -0.3 is 10.2 Å². The topological polar surface area (TPSA) is 74.6 Å². The van der Waals surface area contributed by atoms with Gasteiger partial charge in [-0.1, -0.05) is 26.7 Å².